The number of pyridine rings is 2. The van der Waals surface area contributed by atoms with Gasteiger partial charge in [0.25, 0.3) is 0 Å². The molecule has 1 atom stereocenters. The molecule has 0 aliphatic rings. The minimum atomic E-state index is -0.650. The topological polar surface area (TPSA) is 55.2 Å². The summed E-state index contributed by atoms with van der Waals surface area (Å²) in [6.07, 6.45) is 4.59. The van der Waals surface area contributed by atoms with Crippen molar-refractivity contribution in [2.24, 2.45) is 0 Å². The fourth-order valence-corrected chi connectivity index (χ4v) is 1.80. The second-order valence-corrected chi connectivity index (χ2v) is 4.23. The third-order valence-corrected chi connectivity index (χ3v) is 2.96. The summed E-state index contributed by atoms with van der Waals surface area (Å²) in [6.45, 7) is 0. The highest BCUT2D eigenvalue weighted by Crippen LogP contribution is 2.23. The van der Waals surface area contributed by atoms with E-state index in [0.29, 0.717) is 17.3 Å². The van der Waals surface area contributed by atoms with E-state index in [0.717, 1.165) is 11.1 Å². The number of aliphatic hydroxyl groups excluding tert-OH is 1. The maximum Gasteiger partial charge on any atom is 0.212 e. The van der Waals surface area contributed by atoms with Crippen molar-refractivity contribution in [1.82, 2.24) is 9.97 Å². The number of aliphatic hydroxyl groups is 1. The van der Waals surface area contributed by atoms with Crippen LogP contribution in [0.4, 0.5) is 0 Å². The van der Waals surface area contributed by atoms with Gasteiger partial charge in [-0.15, -0.1) is 0 Å². The first-order valence-electron chi connectivity index (χ1n) is 5.47. The Morgan fingerprint density at radius 2 is 2.17 bits per heavy atom. The van der Waals surface area contributed by atoms with Crippen molar-refractivity contribution in [2.45, 2.75) is 12.5 Å². The molecule has 0 fully saturated rings. The van der Waals surface area contributed by atoms with Crippen molar-refractivity contribution >= 4 is 11.6 Å². The van der Waals surface area contributed by atoms with Gasteiger partial charge in [0.05, 0.1) is 18.2 Å². The van der Waals surface area contributed by atoms with Crippen LogP contribution < -0.4 is 4.74 Å². The molecule has 0 spiro atoms. The van der Waals surface area contributed by atoms with Crippen LogP contribution in [0, 0.1) is 0 Å². The van der Waals surface area contributed by atoms with E-state index < -0.39 is 6.10 Å². The molecular formula is C13H13ClN2O2. The SMILES string of the molecule is COc1ccc(C(O)Cc2ccncc2Cl)cn1. The maximum atomic E-state index is 10.1. The third-order valence-electron chi connectivity index (χ3n) is 2.62. The minimum absolute atomic E-state index is 0.426. The fraction of sp³-hybridized carbons (Fsp3) is 0.231. The van der Waals surface area contributed by atoms with E-state index in [-0.39, 0.29) is 0 Å². The van der Waals surface area contributed by atoms with Gasteiger partial charge in [0.15, 0.2) is 0 Å². The van der Waals surface area contributed by atoms with E-state index >= 15 is 0 Å². The summed E-state index contributed by atoms with van der Waals surface area (Å²) >= 11 is 5.99. The molecule has 94 valence electrons. The fourth-order valence-electron chi connectivity index (χ4n) is 1.61. The summed E-state index contributed by atoms with van der Waals surface area (Å²) < 4.78 is 4.96. The molecule has 4 nitrogen and oxygen atoms in total. The molecule has 1 N–H and O–H groups in total. The van der Waals surface area contributed by atoms with Gasteiger partial charge < -0.3 is 9.84 Å². The Morgan fingerprint density at radius 3 is 2.78 bits per heavy atom. The number of rotatable bonds is 4. The molecule has 2 aromatic rings. The summed E-state index contributed by atoms with van der Waals surface area (Å²) in [5, 5.41) is 10.7. The highest BCUT2D eigenvalue weighted by Gasteiger charge is 2.11. The Kier molecular flexibility index (Phi) is 4.12. The van der Waals surface area contributed by atoms with Gasteiger partial charge in [0.2, 0.25) is 5.88 Å². The lowest BCUT2D eigenvalue weighted by Gasteiger charge is -2.11. The molecule has 0 saturated carbocycles. The second-order valence-electron chi connectivity index (χ2n) is 3.82. The number of nitrogens with zero attached hydrogens (tertiary/aromatic N) is 2. The van der Waals surface area contributed by atoms with Gasteiger partial charge in [0.1, 0.15) is 0 Å². The van der Waals surface area contributed by atoms with Crippen molar-refractivity contribution in [1.29, 1.82) is 0 Å². The molecule has 0 saturated heterocycles. The molecule has 0 aliphatic carbocycles. The van der Waals surface area contributed by atoms with Crippen LogP contribution in [0.2, 0.25) is 5.02 Å². The minimum Gasteiger partial charge on any atom is -0.481 e. The van der Waals surface area contributed by atoms with E-state index in [9.17, 15) is 5.11 Å². The number of halogens is 1. The molecule has 2 rings (SSSR count). The Morgan fingerprint density at radius 1 is 1.33 bits per heavy atom. The largest absolute Gasteiger partial charge is 0.481 e. The van der Waals surface area contributed by atoms with E-state index in [4.69, 9.17) is 16.3 Å². The summed E-state index contributed by atoms with van der Waals surface area (Å²) in [5.74, 6) is 0.521. The molecule has 0 radical (unpaired) electrons. The molecule has 2 aromatic heterocycles. The Hall–Kier alpha value is -1.65. The summed E-state index contributed by atoms with van der Waals surface area (Å²) in [6, 6.07) is 5.29. The molecule has 0 aromatic carbocycles. The van der Waals surface area contributed by atoms with Gasteiger partial charge in [-0.05, 0) is 23.3 Å². The van der Waals surface area contributed by atoms with E-state index in [2.05, 4.69) is 9.97 Å². The van der Waals surface area contributed by atoms with Crippen LogP contribution in [-0.4, -0.2) is 22.2 Å². The van der Waals surface area contributed by atoms with Gasteiger partial charge in [-0.3, -0.25) is 4.98 Å². The average molecular weight is 265 g/mol. The molecule has 18 heavy (non-hydrogen) atoms. The first-order valence-corrected chi connectivity index (χ1v) is 5.85. The molecule has 0 bridgehead atoms. The van der Waals surface area contributed by atoms with Crippen LogP contribution in [0.1, 0.15) is 17.2 Å². The van der Waals surface area contributed by atoms with E-state index in [1.54, 1.807) is 43.9 Å². The van der Waals surface area contributed by atoms with Gasteiger partial charge in [-0.25, -0.2) is 4.98 Å². The summed E-state index contributed by atoms with van der Waals surface area (Å²) in [5.41, 5.74) is 1.58. The standard InChI is InChI=1S/C13H13ClN2O2/c1-18-13-3-2-10(7-16-13)12(17)6-9-4-5-15-8-11(9)14/h2-5,7-8,12,17H,6H2,1H3. The van der Waals surface area contributed by atoms with Crippen LogP contribution in [0.3, 0.4) is 0 Å². The van der Waals surface area contributed by atoms with Crippen molar-refractivity contribution < 1.29 is 9.84 Å². The quantitative estimate of drug-likeness (QED) is 0.921. The molecule has 0 aliphatic heterocycles. The molecule has 2 heterocycles. The van der Waals surface area contributed by atoms with Crippen LogP contribution in [0.5, 0.6) is 5.88 Å². The van der Waals surface area contributed by atoms with Crippen molar-refractivity contribution in [2.75, 3.05) is 7.11 Å². The lowest BCUT2D eigenvalue weighted by Crippen LogP contribution is -2.03. The summed E-state index contributed by atoms with van der Waals surface area (Å²) in [4.78, 5) is 7.96. The average Bonchev–Trinajstić information content (AvgIpc) is 2.41. The Balaban J connectivity index is 2.11. The van der Waals surface area contributed by atoms with Gasteiger partial charge in [-0.1, -0.05) is 11.6 Å². The Labute approximate surface area is 110 Å². The highest BCUT2D eigenvalue weighted by atomic mass is 35.5. The van der Waals surface area contributed by atoms with Crippen molar-refractivity contribution in [3.63, 3.8) is 0 Å². The lowest BCUT2D eigenvalue weighted by atomic mass is 10.0. The molecule has 5 heteroatoms. The predicted molar refractivity (Wildman–Crippen MR) is 68.7 cm³/mol. The number of ether oxygens (including phenoxy) is 1. The number of methoxy groups -OCH3 is 1. The zero-order chi connectivity index (χ0) is 13.0. The Bertz CT molecular complexity index is 517. The zero-order valence-electron chi connectivity index (χ0n) is 9.88. The van der Waals surface area contributed by atoms with E-state index in [1.165, 1.54) is 0 Å². The van der Waals surface area contributed by atoms with Crippen molar-refractivity contribution in [3.05, 3.63) is 52.9 Å². The first-order chi connectivity index (χ1) is 8.70. The normalized spacial score (nSPS) is 12.2. The highest BCUT2D eigenvalue weighted by molar-refractivity contribution is 6.31. The third kappa shape index (κ3) is 2.97. The van der Waals surface area contributed by atoms with Crippen LogP contribution in [-0.2, 0) is 6.42 Å². The van der Waals surface area contributed by atoms with Crippen molar-refractivity contribution in [3.8, 4) is 5.88 Å². The molecular weight excluding hydrogens is 252 g/mol. The lowest BCUT2D eigenvalue weighted by molar-refractivity contribution is 0.178. The van der Waals surface area contributed by atoms with Crippen LogP contribution >= 0.6 is 11.6 Å². The molecule has 1 unspecified atom stereocenters. The summed E-state index contributed by atoms with van der Waals surface area (Å²) in [7, 11) is 1.55. The maximum absolute atomic E-state index is 10.1. The second kappa shape index (κ2) is 5.80. The smallest absolute Gasteiger partial charge is 0.212 e. The number of hydrogen-bond donors (Lipinski definition) is 1. The zero-order valence-corrected chi connectivity index (χ0v) is 10.6. The number of aromatic nitrogens is 2. The van der Waals surface area contributed by atoms with Gasteiger partial charge in [0, 0.05) is 31.1 Å². The van der Waals surface area contributed by atoms with Gasteiger partial charge in [-0.2, -0.15) is 0 Å². The monoisotopic (exact) mass is 264 g/mol. The number of hydrogen-bond acceptors (Lipinski definition) is 4. The molecule has 0 amide bonds. The van der Waals surface area contributed by atoms with E-state index in [1.807, 2.05) is 0 Å². The predicted octanol–water partition coefficient (Wildman–Crippen LogP) is 2.41. The van der Waals surface area contributed by atoms with Crippen LogP contribution in [0.15, 0.2) is 36.8 Å². The van der Waals surface area contributed by atoms with Gasteiger partial charge >= 0.3 is 0 Å². The van der Waals surface area contributed by atoms with Crippen LogP contribution in [0.25, 0.3) is 0 Å². The first kappa shape index (κ1) is 12.8.